The van der Waals surface area contributed by atoms with Crippen molar-refractivity contribution in [1.29, 1.82) is 0 Å². The second kappa shape index (κ2) is 7.78. The molecule has 2 fully saturated rings. The molecule has 1 aliphatic heterocycles. The van der Waals surface area contributed by atoms with E-state index in [4.69, 9.17) is 4.74 Å². The number of rotatable bonds is 3. The number of amides is 2. The Morgan fingerprint density at radius 1 is 1.03 bits per heavy atom. The summed E-state index contributed by atoms with van der Waals surface area (Å²) in [6, 6.07) is 8.11. The Hall–Kier alpha value is -2.83. The van der Waals surface area contributed by atoms with Crippen LogP contribution in [0.2, 0.25) is 0 Å². The van der Waals surface area contributed by atoms with E-state index in [0.717, 1.165) is 29.8 Å². The predicted octanol–water partition coefficient (Wildman–Crippen LogP) is 3.75. The summed E-state index contributed by atoms with van der Waals surface area (Å²) in [6.45, 7) is 9.58. The number of nitrogens with zero attached hydrogens (tertiary/aromatic N) is 4. The molecule has 2 heterocycles. The lowest BCUT2D eigenvalue weighted by molar-refractivity contribution is 0.0140. The molecule has 0 N–H and O–H groups in total. The van der Waals surface area contributed by atoms with Gasteiger partial charge >= 0.3 is 6.09 Å². The third kappa shape index (κ3) is 4.20. The summed E-state index contributed by atoms with van der Waals surface area (Å²) in [5.41, 5.74) is 3.34. The van der Waals surface area contributed by atoms with Crippen LogP contribution in [0.15, 0.2) is 30.5 Å². The molecule has 7 nitrogen and oxygen atoms in total. The van der Waals surface area contributed by atoms with Gasteiger partial charge in [-0.2, -0.15) is 5.10 Å². The lowest BCUT2D eigenvalue weighted by Gasteiger charge is -2.35. The van der Waals surface area contributed by atoms with E-state index >= 15 is 0 Å². The van der Waals surface area contributed by atoms with E-state index in [1.54, 1.807) is 11.1 Å². The van der Waals surface area contributed by atoms with Gasteiger partial charge in [0, 0.05) is 32.1 Å². The number of piperazine rings is 1. The van der Waals surface area contributed by atoms with Crippen LogP contribution in [0.5, 0.6) is 0 Å². The fourth-order valence-electron chi connectivity index (χ4n) is 3.85. The van der Waals surface area contributed by atoms with Crippen molar-refractivity contribution in [3.63, 3.8) is 0 Å². The van der Waals surface area contributed by atoms with Gasteiger partial charge in [-0.3, -0.25) is 4.79 Å². The summed E-state index contributed by atoms with van der Waals surface area (Å²) < 4.78 is 7.39. The third-order valence-electron chi connectivity index (χ3n) is 5.56. The first-order valence-electron chi connectivity index (χ1n) is 10.7. The molecule has 0 spiro atoms. The number of carbonyl (C=O) groups is 2. The van der Waals surface area contributed by atoms with Gasteiger partial charge in [0.1, 0.15) is 5.60 Å². The van der Waals surface area contributed by atoms with Crippen LogP contribution in [-0.2, 0) is 4.74 Å². The van der Waals surface area contributed by atoms with Gasteiger partial charge in [-0.25, -0.2) is 9.48 Å². The van der Waals surface area contributed by atoms with E-state index < -0.39 is 5.60 Å². The zero-order chi connectivity index (χ0) is 21.5. The molecule has 1 saturated carbocycles. The van der Waals surface area contributed by atoms with Gasteiger partial charge in [0.25, 0.3) is 5.91 Å². The van der Waals surface area contributed by atoms with Crippen LogP contribution < -0.4 is 0 Å². The number of benzene rings is 1. The van der Waals surface area contributed by atoms with Crippen molar-refractivity contribution in [1.82, 2.24) is 19.6 Å². The van der Waals surface area contributed by atoms with Crippen molar-refractivity contribution < 1.29 is 14.3 Å². The Morgan fingerprint density at radius 3 is 2.27 bits per heavy atom. The van der Waals surface area contributed by atoms with Gasteiger partial charge < -0.3 is 14.5 Å². The Balaban J connectivity index is 1.50. The second-order valence-electron chi connectivity index (χ2n) is 9.18. The topological polar surface area (TPSA) is 67.7 Å². The van der Waals surface area contributed by atoms with Crippen molar-refractivity contribution >= 4 is 12.0 Å². The highest BCUT2D eigenvalue weighted by molar-refractivity contribution is 5.95. The van der Waals surface area contributed by atoms with Crippen LogP contribution in [0.1, 0.15) is 61.1 Å². The molecule has 1 aromatic heterocycles. The van der Waals surface area contributed by atoms with E-state index in [2.05, 4.69) is 18.1 Å². The minimum Gasteiger partial charge on any atom is -0.444 e. The number of carbonyl (C=O) groups excluding carboxylic acids is 2. The number of aromatic nitrogens is 2. The fourth-order valence-corrected chi connectivity index (χ4v) is 3.85. The van der Waals surface area contributed by atoms with Gasteiger partial charge in [-0.1, -0.05) is 18.2 Å². The number of para-hydroxylation sites is 1. The normalized spacial score (nSPS) is 17.2. The maximum atomic E-state index is 13.3. The highest BCUT2D eigenvalue weighted by Gasteiger charge is 2.35. The molecule has 4 rings (SSSR count). The largest absolute Gasteiger partial charge is 0.444 e. The molecule has 0 unspecified atom stereocenters. The van der Waals surface area contributed by atoms with E-state index in [0.29, 0.717) is 37.7 Å². The van der Waals surface area contributed by atoms with Crippen molar-refractivity contribution in [2.24, 2.45) is 0 Å². The van der Waals surface area contributed by atoms with Gasteiger partial charge in [0.2, 0.25) is 0 Å². The van der Waals surface area contributed by atoms with Crippen molar-refractivity contribution in [3.05, 3.63) is 47.3 Å². The summed E-state index contributed by atoms with van der Waals surface area (Å²) >= 11 is 0. The molecule has 1 aliphatic carbocycles. The number of ether oxygens (including phenoxy) is 1. The van der Waals surface area contributed by atoms with E-state index in [-0.39, 0.29) is 12.0 Å². The number of hydrogen-bond donors (Lipinski definition) is 0. The molecule has 0 radical (unpaired) electrons. The van der Waals surface area contributed by atoms with Crippen molar-refractivity contribution in [2.45, 2.75) is 52.1 Å². The van der Waals surface area contributed by atoms with Crippen LogP contribution in [0.3, 0.4) is 0 Å². The standard InChI is InChI=1S/C23H30N4O3/c1-16-7-5-6-8-19(16)27-20(17-9-10-17)18(15-24-27)21(28)25-11-13-26(14-12-25)22(29)30-23(2,3)4/h5-8,15,17H,9-14H2,1-4H3. The minimum atomic E-state index is -0.520. The quantitative estimate of drug-likeness (QED) is 0.773. The highest BCUT2D eigenvalue weighted by Crippen LogP contribution is 2.43. The monoisotopic (exact) mass is 410 g/mol. The highest BCUT2D eigenvalue weighted by atomic mass is 16.6. The first kappa shape index (κ1) is 20.4. The molecule has 0 atom stereocenters. The van der Waals surface area contributed by atoms with Crippen molar-refractivity contribution in [3.8, 4) is 5.69 Å². The average Bonchev–Trinajstić information content (AvgIpc) is 3.45. The summed E-state index contributed by atoms with van der Waals surface area (Å²) in [5.74, 6) is 0.384. The lowest BCUT2D eigenvalue weighted by Crippen LogP contribution is -2.51. The maximum Gasteiger partial charge on any atom is 0.410 e. The van der Waals surface area contributed by atoms with Crippen LogP contribution in [0, 0.1) is 6.92 Å². The van der Waals surface area contributed by atoms with Crippen LogP contribution >= 0.6 is 0 Å². The predicted molar refractivity (Wildman–Crippen MR) is 114 cm³/mol. The summed E-state index contributed by atoms with van der Waals surface area (Å²) in [5, 5.41) is 4.59. The average molecular weight is 411 g/mol. The van der Waals surface area contributed by atoms with Gasteiger partial charge in [0.05, 0.1) is 23.1 Å². The molecule has 2 aromatic rings. The van der Waals surface area contributed by atoms with E-state index in [1.165, 1.54) is 0 Å². The Kier molecular flexibility index (Phi) is 5.30. The van der Waals surface area contributed by atoms with E-state index in [9.17, 15) is 9.59 Å². The molecule has 0 bridgehead atoms. The molecule has 7 heteroatoms. The number of aryl methyl sites for hydroxylation is 1. The van der Waals surface area contributed by atoms with Gasteiger partial charge in [0.15, 0.2) is 0 Å². The molecule has 160 valence electrons. The van der Waals surface area contributed by atoms with Gasteiger partial charge in [-0.15, -0.1) is 0 Å². The molecule has 1 saturated heterocycles. The molecule has 2 aliphatic rings. The zero-order valence-electron chi connectivity index (χ0n) is 18.2. The minimum absolute atomic E-state index is 0.000530. The lowest BCUT2D eigenvalue weighted by atomic mass is 10.1. The fraction of sp³-hybridized carbons (Fsp3) is 0.522. The summed E-state index contributed by atoms with van der Waals surface area (Å²) in [4.78, 5) is 29.1. The van der Waals surface area contributed by atoms with Gasteiger partial charge in [-0.05, 0) is 52.2 Å². The Labute approximate surface area is 177 Å². The van der Waals surface area contributed by atoms with E-state index in [1.807, 2.05) is 48.6 Å². The van der Waals surface area contributed by atoms with Crippen LogP contribution in [0.4, 0.5) is 4.79 Å². The molecule has 1 aromatic carbocycles. The first-order chi connectivity index (χ1) is 14.2. The summed E-state index contributed by atoms with van der Waals surface area (Å²) in [7, 11) is 0. The molecular weight excluding hydrogens is 380 g/mol. The van der Waals surface area contributed by atoms with Crippen LogP contribution in [0.25, 0.3) is 5.69 Å². The Morgan fingerprint density at radius 2 is 1.67 bits per heavy atom. The zero-order valence-corrected chi connectivity index (χ0v) is 18.2. The first-order valence-corrected chi connectivity index (χ1v) is 10.7. The second-order valence-corrected chi connectivity index (χ2v) is 9.18. The maximum absolute atomic E-state index is 13.3. The SMILES string of the molecule is Cc1ccccc1-n1ncc(C(=O)N2CCN(C(=O)OC(C)(C)C)CC2)c1C1CC1. The van der Waals surface area contributed by atoms with Crippen LogP contribution in [-0.4, -0.2) is 63.4 Å². The molecule has 30 heavy (non-hydrogen) atoms. The Bertz CT molecular complexity index is 948. The van der Waals surface area contributed by atoms with Crippen molar-refractivity contribution in [2.75, 3.05) is 26.2 Å². The number of hydrogen-bond acceptors (Lipinski definition) is 4. The summed E-state index contributed by atoms with van der Waals surface area (Å²) in [6.07, 6.45) is 3.57. The molecular formula is C23H30N4O3. The molecule has 2 amide bonds. The smallest absolute Gasteiger partial charge is 0.410 e. The third-order valence-corrected chi connectivity index (χ3v) is 5.56.